The SMILES string of the molecule is CCOC(=O)C1=C[C@@H](N=C(N)N)[C@H](NC(C)=O)[C@@H](N=C(N)N)C1. The van der Waals surface area contributed by atoms with Crippen LogP contribution in [0, 0.1) is 0 Å². The second-order valence-electron chi connectivity index (χ2n) is 5.01. The van der Waals surface area contributed by atoms with E-state index in [1.807, 2.05) is 0 Å². The van der Waals surface area contributed by atoms with E-state index in [1.54, 1.807) is 13.0 Å². The van der Waals surface area contributed by atoms with E-state index in [0.29, 0.717) is 5.57 Å². The highest BCUT2D eigenvalue weighted by Gasteiger charge is 2.36. The lowest BCUT2D eigenvalue weighted by Crippen LogP contribution is -2.52. The van der Waals surface area contributed by atoms with Gasteiger partial charge in [-0.15, -0.1) is 0 Å². The fraction of sp³-hybridized carbons (Fsp3) is 0.538. The Bertz CT molecular complexity index is 548. The minimum atomic E-state index is -0.690. The largest absolute Gasteiger partial charge is 0.463 e. The van der Waals surface area contributed by atoms with Crippen LogP contribution in [0.5, 0.6) is 0 Å². The zero-order chi connectivity index (χ0) is 17.6. The van der Waals surface area contributed by atoms with Gasteiger partial charge in [0.15, 0.2) is 11.9 Å². The van der Waals surface area contributed by atoms with Gasteiger partial charge in [0.25, 0.3) is 0 Å². The maximum Gasteiger partial charge on any atom is 0.333 e. The average molecular weight is 325 g/mol. The Morgan fingerprint density at radius 3 is 2.35 bits per heavy atom. The van der Waals surface area contributed by atoms with Gasteiger partial charge in [-0.1, -0.05) is 0 Å². The number of hydrogen-bond acceptors (Lipinski definition) is 5. The van der Waals surface area contributed by atoms with Crippen LogP contribution >= 0.6 is 0 Å². The molecule has 10 heteroatoms. The lowest BCUT2D eigenvalue weighted by molar-refractivity contribution is -0.138. The van der Waals surface area contributed by atoms with Gasteiger partial charge in [0.1, 0.15) is 0 Å². The standard InChI is InChI=1S/C13H23N7O3/c1-3-23-11(22)7-4-8(19-12(14)15)10(18-6(2)21)9(5-7)20-13(16)17/h4,8-10H,3,5H2,1-2H3,(H,18,21)(H4,14,15,19)(H4,16,17,20)/t8-,9+,10+/m1/s1. The molecule has 0 fully saturated rings. The first-order valence-corrected chi connectivity index (χ1v) is 7.07. The molecule has 0 spiro atoms. The summed E-state index contributed by atoms with van der Waals surface area (Å²) >= 11 is 0. The molecule has 1 rings (SSSR count). The highest BCUT2D eigenvalue weighted by Crippen LogP contribution is 2.25. The van der Waals surface area contributed by atoms with Gasteiger partial charge < -0.3 is 33.0 Å². The van der Waals surface area contributed by atoms with Crippen molar-refractivity contribution in [2.24, 2.45) is 32.9 Å². The second-order valence-corrected chi connectivity index (χ2v) is 5.01. The van der Waals surface area contributed by atoms with Gasteiger partial charge in [0.05, 0.1) is 24.7 Å². The number of esters is 1. The Hall–Kier alpha value is -2.78. The molecule has 1 aliphatic carbocycles. The van der Waals surface area contributed by atoms with E-state index in [2.05, 4.69) is 15.3 Å². The summed E-state index contributed by atoms with van der Waals surface area (Å²) in [6.07, 6.45) is 1.75. The van der Waals surface area contributed by atoms with Crippen LogP contribution < -0.4 is 28.3 Å². The maximum atomic E-state index is 12.0. The summed E-state index contributed by atoms with van der Waals surface area (Å²) in [5, 5.41) is 2.71. The summed E-state index contributed by atoms with van der Waals surface area (Å²) in [5.74, 6) is -1.15. The number of guanidine groups is 2. The molecular weight excluding hydrogens is 302 g/mol. The van der Waals surface area contributed by atoms with Crippen molar-refractivity contribution >= 4 is 23.8 Å². The highest BCUT2D eigenvalue weighted by atomic mass is 16.5. The zero-order valence-electron chi connectivity index (χ0n) is 13.2. The lowest BCUT2D eigenvalue weighted by atomic mass is 9.87. The predicted molar refractivity (Wildman–Crippen MR) is 86.1 cm³/mol. The molecule has 1 aliphatic rings. The molecule has 1 amide bonds. The van der Waals surface area contributed by atoms with Crippen molar-refractivity contribution in [3.8, 4) is 0 Å². The van der Waals surface area contributed by atoms with Crippen molar-refractivity contribution in [2.75, 3.05) is 6.61 Å². The lowest BCUT2D eigenvalue weighted by Gasteiger charge is -2.33. The molecule has 3 atom stereocenters. The summed E-state index contributed by atoms with van der Waals surface area (Å²) in [6.45, 7) is 3.28. The number of aliphatic imine (C=N–C) groups is 2. The smallest absolute Gasteiger partial charge is 0.333 e. The van der Waals surface area contributed by atoms with Crippen LogP contribution in [-0.2, 0) is 14.3 Å². The number of nitrogens with two attached hydrogens (primary N) is 4. The molecule has 10 nitrogen and oxygen atoms in total. The van der Waals surface area contributed by atoms with Crippen LogP contribution in [0.1, 0.15) is 20.3 Å². The van der Waals surface area contributed by atoms with Crippen molar-refractivity contribution in [3.05, 3.63) is 11.6 Å². The van der Waals surface area contributed by atoms with E-state index in [0.717, 1.165) is 0 Å². The van der Waals surface area contributed by atoms with Crippen LogP contribution in [0.2, 0.25) is 0 Å². The molecule has 23 heavy (non-hydrogen) atoms. The minimum Gasteiger partial charge on any atom is -0.463 e. The first-order chi connectivity index (χ1) is 10.7. The summed E-state index contributed by atoms with van der Waals surface area (Å²) in [4.78, 5) is 31.6. The van der Waals surface area contributed by atoms with Gasteiger partial charge in [-0.05, 0) is 13.0 Å². The molecule has 0 aromatic heterocycles. The molecule has 0 saturated heterocycles. The van der Waals surface area contributed by atoms with Gasteiger partial charge in [-0.2, -0.15) is 0 Å². The van der Waals surface area contributed by atoms with Crippen molar-refractivity contribution in [1.29, 1.82) is 0 Å². The quantitative estimate of drug-likeness (QED) is 0.213. The number of carbonyl (C=O) groups excluding carboxylic acids is 2. The fourth-order valence-electron chi connectivity index (χ4n) is 2.36. The van der Waals surface area contributed by atoms with Gasteiger partial charge >= 0.3 is 5.97 Å². The van der Waals surface area contributed by atoms with Crippen molar-refractivity contribution in [1.82, 2.24) is 5.32 Å². The third-order valence-electron chi connectivity index (χ3n) is 3.10. The zero-order valence-corrected chi connectivity index (χ0v) is 13.2. The third-order valence-corrected chi connectivity index (χ3v) is 3.10. The molecule has 9 N–H and O–H groups in total. The van der Waals surface area contributed by atoms with E-state index in [-0.39, 0.29) is 30.9 Å². The van der Waals surface area contributed by atoms with Gasteiger partial charge in [0, 0.05) is 18.9 Å². The number of rotatable bonds is 5. The molecule has 0 saturated carbocycles. The van der Waals surface area contributed by atoms with Gasteiger partial charge in [-0.3, -0.25) is 4.79 Å². The Morgan fingerprint density at radius 1 is 1.26 bits per heavy atom. The first-order valence-electron chi connectivity index (χ1n) is 7.07. The number of carbonyl (C=O) groups is 2. The number of amides is 1. The van der Waals surface area contributed by atoms with E-state index in [9.17, 15) is 9.59 Å². The van der Waals surface area contributed by atoms with Crippen LogP contribution in [0.15, 0.2) is 21.6 Å². The molecule has 128 valence electrons. The normalized spacial score (nSPS) is 23.2. The molecule has 0 bridgehead atoms. The maximum absolute atomic E-state index is 12.0. The van der Waals surface area contributed by atoms with Crippen molar-refractivity contribution < 1.29 is 14.3 Å². The Morgan fingerprint density at radius 2 is 1.87 bits per heavy atom. The van der Waals surface area contributed by atoms with E-state index >= 15 is 0 Å². The van der Waals surface area contributed by atoms with E-state index in [4.69, 9.17) is 27.7 Å². The van der Waals surface area contributed by atoms with E-state index < -0.39 is 24.1 Å². The molecule has 0 radical (unpaired) electrons. The monoisotopic (exact) mass is 325 g/mol. The molecule has 0 aromatic carbocycles. The molecule has 0 aromatic rings. The minimum absolute atomic E-state index is 0.168. The molecule has 0 heterocycles. The Balaban J connectivity index is 3.26. The third kappa shape index (κ3) is 5.49. The van der Waals surface area contributed by atoms with Crippen LogP contribution in [0.4, 0.5) is 0 Å². The topological polar surface area (TPSA) is 184 Å². The number of ether oxygens (including phenoxy) is 1. The fourth-order valence-corrected chi connectivity index (χ4v) is 2.36. The number of nitrogens with one attached hydrogen (secondary N) is 1. The predicted octanol–water partition coefficient (Wildman–Crippen LogP) is -2.33. The molecular formula is C13H23N7O3. The average Bonchev–Trinajstić information content (AvgIpc) is 2.40. The summed E-state index contributed by atoms with van der Waals surface area (Å²) in [6, 6.07) is -1.87. The molecule has 0 unspecified atom stereocenters. The summed E-state index contributed by atoms with van der Waals surface area (Å²) in [5.41, 5.74) is 22.1. The molecule has 0 aliphatic heterocycles. The summed E-state index contributed by atoms with van der Waals surface area (Å²) in [7, 11) is 0. The van der Waals surface area contributed by atoms with Gasteiger partial charge in [0.2, 0.25) is 5.91 Å². The second kappa shape index (κ2) is 8.01. The first kappa shape index (κ1) is 18.3. The van der Waals surface area contributed by atoms with Crippen LogP contribution in [0.25, 0.3) is 0 Å². The van der Waals surface area contributed by atoms with Gasteiger partial charge in [-0.25, -0.2) is 14.8 Å². The van der Waals surface area contributed by atoms with Crippen LogP contribution in [0.3, 0.4) is 0 Å². The number of nitrogens with zero attached hydrogens (tertiary/aromatic N) is 2. The van der Waals surface area contributed by atoms with Crippen molar-refractivity contribution in [3.63, 3.8) is 0 Å². The highest BCUT2D eigenvalue weighted by molar-refractivity contribution is 5.89. The van der Waals surface area contributed by atoms with E-state index in [1.165, 1.54) is 6.92 Å². The Labute approximate surface area is 134 Å². The number of hydrogen-bond donors (Lipinski definition) is 5. The Kier molecular flexibility index (Phi) is 6.36. The summed E-state index contributed by atoms with van der Waals surface area (Å²) < 4.78 is 4.99. The van der Waals surface area contributed by atoms with Crippen LogP contribution in [-0.4, -0.2) is 48.5 Å². The van der Waals surface area contributed by atoms with Crippen molar-refractivity contribution in [2.45, 2.75) is 38.4 Å².